The van der Waals surface area contributed by atoms with Crippen molar-refractivity contribution in [2.45, 2.75) is 25.0 Å². The first-order valence-corrected chi connectivity index (χ1v) is 11.5. The van der Waals surface area contributed by atoms with Crippen LogP contribution < -0.4 is 10.5 Å². The molecule has 6 rings (SSSR count). The fourth-order valence-corrected chi connectivity index (χ4v) is 4.37. The second-order valence-corrected chi connectivity index (χ2v) is 9.06. The van der Waals surface area contributed by atoms with Gasteiger partial charge in [-0.05, 0) is 31.0 Å². The van der Waals surface area contributed by atoms with Crippen LogP contribution in [0.5, 0.6) is 0 Å². The van der Waals surface area contributed by atoms with Crippen LogP contribution in [0.15, 0.2) is 41.6 Å². The van der Waals surface area contributed by atoms with E-state index in [4.69, 9.17) is 21.3 Å². The van der Waals surface area contributed by atoms with Crippen molar-refractivity contribution < 1.29 is 9.13 Å². The zero-order valence-electron chi connectivity index (χ0n) is 18.4. The van der Waals surface area contributed by atoms with Gasteiger partial charge < -0.3 is 9.64 Å². The Morgan fingerprint density at radius 2 is 2.03 bits per heavy atom. The molecule has 34 heavy (non-hydrogen) atoms. The van der Waals surface area contributed by atoms with Crippen LogP contribution in [0, 0.1) is 5.82 Å². The quantitative estimate of drug-likeness (QED) is 0.441. The summed E-state index contributed by atoms with van der Waals surface area (Å²) in [5, 5.41) is 9.21. The molecular weight excluding hydrogens is 461 g/mol. The Kier molecular flexibility index (Phi) is 5.07. The fourth-order valence-electron chi connectivity index (χ4n) is 4.21. The number of aryl methyl sites for hydroxylation is 1. The van der Waals surface area contributed by atoms with Crippen molar-refractivity contribution in [2.75, 3.05) is 24.6 Å². The maximum atomic E-state index is 14.9. The first kappa shape index (κ1) is 21.2. The Morgan fingerprint density at radius 3 is 2.82 bits per heavy atom. The Balaban J connectivity index is 1.43. The van der Waals surface area contributed by atoms with Crippen LogP contribution in [0.2, 0.25) is 5.02 Å². The average molecular weight is 482 g/mol. The zero-order chi connectivity index (χ0) is 23.4. The predicted molar refractivity (Wildman–Crippen MR) is 124 cm³/mol. The van der Waals surface area contributed by atoms with Gasteiger partial charge in [-0.25, -0.2) is 19.0 Å². The molecule has 1 atom stereocenters. The van der Waals surface area contributed by atoms with E-state index >= 15 is 0 Å². The molecule has 0 bridgehead atoms. The van der Waals surface area contributed by atoms with E-state index in [0.29, 0.717) is 42.8 Å². The van der Waals surface area contributed by atoms with Crippen molar-refractivity contribution in [3.63, 3.8) is 0 Å². The minimum atomic E-state index is -0.536. The lowest BCUT2D eigenvalue weighted by molar-refractivity contribution is 0.0392. The van der Waals surface area contributed by atoms with Crippen LogP contribution in [0.3, 0.4) is 0 Å². The van der Waals surface area contributed by atoms with Crippen molar-refractivity contribution >= 4 is 28.5 Å². The van der Waals surface area contributed by atoms with E-state index < -0.39 is 5.82 Å². The third kappa shape index (κ3) is 3.72. The lowest BCUT2D eigenvalue weighted by atomic mass is 10.1. The summed E-state index contributed by atoms with van der Waals surface area (Å²) < 4.78 is 24.1. The molecule has 1 aliphatic heterocycles. The maximum absolute atomic E-state index is 14.9. The lowest BCUT2D eigenvalue weighted by Gasteiger charge is -2.32. The molecule has 4 aromatic rings. The van der Waals surface area contributed by atoms with Crippen LogP contribution in [0.1, 0.15) is 30.6 Å². The Hall–Kier alpha value is -3.37. The monoisotopic (exact) mass is 481 g/mol. The van der Waals surface area contributed by atoms with E-state index in [1.807, 2.05) is 22.0 Å². The number of benzene rings is 1. The van der Waals surface area contributed by atoms with E-state index in [0.717, 1.165) is 18.4 Å². The number of hydrogen-bond donors (Lipinski definition) is 0. The third-order valence-electron chi connectivity index (χ3n) is 6.24. The van der Waals surface area contributed by atoms with Gasteiger partial charge in [0.1, 0.15) is 17.4 Å². The van der Waals surface area contributed by atoms with E-state index in [9.17, 15) is 9.18 Å². The number of rotatable bonds is 4. The van der Waals surface area contributed by atoms with E-state index in [-0.39, 0.29) is 27.8 Å². The molecule has 1 unspecified atom stereocenters. The van der Waals surface area contributed by atoms with Gasteiger partial charge in [-0.2, -0.15) is 10.2 Å². The normalized spacial score (nSPS) is 18.6. The topological polar surface area (TPSA) is 91.0 Å². The number of nitrogens with zero attached hydrogens (tertiary/aromatic N) is 7. The molecule has 1 aliphatic carbocycles. The molecule has 9 nitrogen and oxygen atoms in total. The molecular formula is C23H21ClFN7O2. The van der Waals surface area contributed by atoms with Crippen LogP contribution in [-0.2, 0) is 11.8 Å². The van der Waals surface area contributed by atoms with Crippen LogP contribution >= 0.6 is 11.6 Å². The van der Waals surface area contributed by atoms with Gasteiger partial charge in [0.05, 0.1) is 42.7 Å². The van der Waals surface area contributed by atoms with Crippen molar-refractivity contribution in [3.05, 3.63) is 63.5 Å². The van der Waals surface area contributed by atoms with Crippen LogP contribution in [0.4, 0.5) is 10.3 Å². The maximum Gasteiger partial charge on any atom is 0.293 e. The third-order valence-corrected chi connectivity index (χ3v) is 6.48. The molecule has 2 aliphatic rings. The average Bonchev–Trinajstić information content (AvgIpc) is 3.57. The summed E-state index contributed by atoms with van der Waals surface area (Å²) in [5.41, 5.74) is 1.30. The minimum Gasteiger partial charge on any atom is -0.370 e. The fraction of sp³-hybridized carbons (Fsp3) is 0.348. The first-order chi connectivity index (χ1) is 16.5. The summed E-state index contributed by atoms with van der Waals surface area (Å²) in [6.07, 6.45) is 7.44. The van der Waals surface area contributed by atoms with Gasteiger partial charge in [0.2, 0.25) is 5.95 Å². The Morgan fingerprint density at radius 1 is 1.18 bits per heavy atom. The molecule has 1 saturated carbocycles. The number of hydrogen-bond acceptors (Lipinski definition) is 7. The van der Waals surface area contributed by atoms with Gasteiger partial charge in [-0.1, -0.05) is 11.6 Å². The smallest absolute Gasteiger partial charge is 0.293 e. The predicted octanol–water partition coefficient (Wildman–Crippen LogP) is 3.29. The number of fused-ring (bicyclic) bond motifs is 1. The largest absolute Gasteiger partial charge is 0.370 e. The SMILES string of the molecule is Cn1ncc2c(-c3ccc(Cl)cc3F)nc(N3CCOC(c4cnn(C5CC5)c4)C3)nc2c1=O. The summed E-state index contributed by atoms with van der Waals surface area (Å²) in [6, 6.07) is 4.85. The second-order valence-electron chi connectivity index (χ2n) is 8.62. The molecule has 1 saturated heterocycles. The molecule has 3 aromatic heterocycles. The van der Waals surface area contributed by atoms with Gasteiger partial charge in [0.25, 0.3) is 5.56 Å². The Bertz CT molecular complexity index is 1470. The molecule has 0 radical (unpaired) electrons. The highest BCUT2D eigenvalue weighted by atomic mass is 35.5. The molecule has 0 N–H and O–H groups in total. The van der Waals surface area contributed by atoms with Crippen molar-refractivity contribution in [3.8, 4) is 11.3 Å². The number of ether oxygens (including phenoxy) is 1. The molecule has 0 spiro atoms. The highest BCUT2D eigenvalue weighted by Gasteiger charge is 2.29. The highest BCUT2D eigenvalue weighted by Crippen LogP contribution is 2.36. The summed E-state index contributed by atoms with van der Waals surface area (Å²) in [5.74, 6) is -0.200. The summed E-state index contributed by atoms with van der Waals surface area (Å²) >= 11 is 5.95. The minimum absolute atomic E-state index is 0.177. The lowest BCUT2D eigenvalue weighted by Crippen LogP contribution is -2.39. The summed E-state index contributed by atoms with van der Waals surface area (Å²) in [6.45, 7) is 1.47. The molecule has 2 fully saturated rings. The van der Waals surface area contributed by atoms with Gasteiger partial charge in [0, 0.05) is 35.9 Å². The number of morpholine rings is 1. The van der Waals surface area contributed by atoms with Crippen molar-refractivity contribution in [1.29, 1.82) is 0 Å². The highest BCUT2D eigenvalue weighted by molar-refractivity contribution is 6.30. The first-order valence-electron chi connectivity index (χ1n) is 11.1. The van der Waals surface area contributed by atoms with E-state index in [1.54, 1.807) is 19.2 Å². The molecule has 1 aromatic carbocycles. The molecule has 4 heterocycles. The zero-order valence-corrected chi connectivity index (χ0v) is 19.1. The molecule has 0 amide bonds. The number of halogens is 2. The van der Waals surface area contributed by atoms with E-state index in [1.165, 1.54) is 16.9 Å². The van der Waals surface area contributed by atoms with Gasteiger partial charge in [-0.15, -0.1) is 0 Å². The van der Waals surface area contributed by atoms with Gasteiger partial charge in [-0.3, -0.25) is 9.48 Å². The number of aromatic nitrogens is 6. The molecule has 11 heteroatoms. The van der Waals surface area contributed by atoms with Crippen molar-refractivity contribution in [1.82, 2.24) is 29.5 Å². The van der Waals surface area contributed by atoms with Gasteiger partial charge in [0.15, 0.2) is 0 Å². The standard InChI is InChI=1S/C23H21ClFN7O2/c1-30-22(33)21-17(10-26-30)20(16-5-2-14(24)8-18(16)25)28-23(29-21)31-6-7-34-19(12-31)13-9-27-32(11-13)15-3-4-15/h2,5,8-11,15,19H,3-4,6-7,12H2,1H3. The molecule has 174 valence electrons. The van der Waals surface area contributed by atoms with Crippen LogP contribution in [0.25, 0.3) is 22.2 Å². The van der Waals surface area contributed by atoms with E-state index in [2.05, 4.69) is 15.2 Å². The van der Waals surface area contributed by atoms with Crippen LogP contribution in [-0.4, -0.2) is 49.2 Å². The second kappa shape index (κ2) is 8.14. The summed E-state index contributed by atoms with van der Waals surface area (Å²) in [4.78, 5) is 24.1. The van der Waals surface area contributed by atoms with Gasteiger partial charge >= 0.3 is 0 Å². The summed E-state index contributed by atoms with van der Waals surface area (Å²) in [7, 11) is 1.55. The number of anilines is 1. The Labute approximate surface area is 198 Å². The van der Waals surface area contributed by atoms with Crippen molar-refractivity contribution in [2.24, 2.45) is 7.05 Å².